The molecule has 0 radical (unpaired) electrons. The lowest BCUT2D eigenvalue weighted by Gasteiger charge is -2.14. The Morgan fingerprint density at radius 1 is 1.57 bits per heavy atom. The van der Waals surface area contributed by atoms with E-state index in [1.165, 1.54) is 4.90 Å². The van der Waals surface area contributed by atoms with E-state index >= 15 is 0 Å². The Labute approximate surface area is 89.7 Å². The van der Waals surface area contributed by atoms with Gasteiger partial charge < -0.3 is 5.11 Å². The number of carbonyl (C=O) groups excluding carboxylic acids is 1. The van der Waals surface area contributed by atoms with Gasteiger partial charge in [0.1, 0.15) is 10.4 Å². The van der Waals surface area contributed by atoms with E-state index in [0.717, 1.165) is 0 Å². The van der Waals surface area contributed by atoms with Crippen LogP contribution in [0.25, 0.3) is 0 Å². The van der Waals surface area contributed by atoms with Crippen LogP contribution in [-0.2, 0) is 4.79 Å². The molecule has 2 heterocycles. The Morgan fingerprint density at radius 2 is 2.36 bits per heavy atom. The number of aliphatic hydroxyl groups excluding tert-OH is 1. The zero-order valence-corrected chi connectivity index (χ0v) is 8.94. The highest BCUT2D eigenvalue weighted by molar-refractivity contribution is 9.10. The largest absolute Gasteiger partial charge is 0.391 e. The van der Waals surface area contributed by atoms with E-state index in [1.807, 2.05) is 6.07 Å². The van der Waals surface area contributed by atoms with Crippen molar-refractivity contribution < 1.29 is 9.90 Å². The number of nitrogens with zero attached hydrogens (tertiary/aromatic N) is 2. The summed E-state index contributed by atoms with van der Waals surface area (Å²) >= 11 is 3.23. The molecule has 5 heteroatoms. The fourth-order valence-electron chi connectivity index (χ4n) is 1.46. The first-order chi connectivity index (χ1) is 6.66. The van der Waals surface area contributed by atoms with Crippen LogP contribution in [0.2, 0.25) is 0 Å². The Bertz CT molecular complexity index is 370. The summed E-state index contributed by atoms with van der Waals surface area (Å²) in [7, 11) is 0. The number of hydrogen-bond acceptors (Lipinski definition) is 3. The normalized spacial score (nSPS) is 21.7. The van der Waals surface area contributed by atoms with E-state index in [-0.39, 0.29) is 12.3 Å². The van der Waals surface area contributed by atoms with Gasteiger partial charge in [-0.2, -0.15) is 0 Å². The van der Waals surface area contributed by atoms with Gasteiger partial charge in [-0.1, -0.05) is 6.07 Å². The van der Waals surface area contributed by atoms with Crippen LogP contribution in [-0.4, -0.2) is 28.6 Å². The average Bonchev–Trinajstić information content (AvgIpc) is 2.45. The predicted octanol–water partition coefficient (Wildman–Crippen LogP) is 0.942. The second kappa shape index (κ2) is 3.67. The smallest absolute Gasteiger partial charge is 0.230 e. The van der Waals surface area contributed by atoms with Gasteiger partial charge in [-0.05, 0) is 28.1 Å². The number of rotatable bonds is 1. The molecule has 1 unspecified atom stereocenters. The minimum atomic E-state index is -0.566. The van der Waals surface area contributed by atoms with Gasteiger partial charge in [0.05, 0.1) is 19.1 Å². The van der Waals surface area contributed by atoms with Crippen molar-refractivity contribution in [3.05, 3.63) is 22.8 Å². The summed E-state index contributed by atoms with van der Waals surface area (Å²) < 4.78 is 0.684. The van der Waals surface area contributed by atoms with Crippen molar-refractivity contribution in [2.75, 3.05) is 11.4 Å². The third-order valence-corrected chi connectivity index (χ3v) is 2.52. The predicted molar refractivity (Wildman–Crippen MR) is 54.9 cm³/mol. The summed E-state index contributed by atoms with van der Waals surface area (Å²) in [6, 6.07) is 5.35. The molecule has 1 aromatic heterocycles. The Morgan fingerprint density at radius 3 is 2.93 bits per heavy atom. The maximum atomic E-state index is 11.4. The molecule has 1 aromatic rings. The fraction of sp³-hybridized carbons (Fsp3) is 0.333. The van der Waals surface area contributed by atoms with Gasteiger partial charge in [-0.25, -0.2) is 4.98 Å². The maximum Gasteiger partial charge on any atom is 0.230 e. The minimum absolute atomic E-state index is 0.0805. The molecule has 0 aromatic carbocycles. The van der Waals surface area contributed by atoms with Gasteiger partial charge in [-0.3, -0.25) is 9.69 Å². The number of carbonyl (C=O) groups is 1. The van der Waals surface area contributed by atoms with E-state index in [1.54, 1.807) is 12.1 Å². The van der Waals surface area contributed by atoms with Crippen LogP contribution in [0.1, 0.15) is 6.42 Å². The fourth-order valence-corrected chi connectivity index (χ4v) is 1.79. The molecule has 0 saturated carbocycles. The molecule has 4 nitrogen and oxygen atoms in total. The number of hydrogen-bond donors (Lipinski definition) is 1. The molecule has 2 rings (SSSR count). The molecule has 0 aliphatic carbocycles. The number of halogens is 1. The van der Waals surface area contributed by atoms with E-state index in [9.17, 15) is 9.90 Å². The number of aromatic nitrogens is 1. The van der Waals surface area contributed by atoms with Crippen LogP contribution in [0.4, 0.5) is 5.82 Å². The van der Waals surface area contributed by atoms with Crippen LogP contribution in [0, 0.1) is 0 Å². The number of aliphatic hydroxyl groups is 1. The van der Waals surface area contributed by atoms with Crippen LogP contribution < -0.4 is 4.90 Å². The second-order valence-electron chi connectivity index (χ2n) is 3.18. The molecule has 1 aliphatic heterocycles. The van der Waals surface area contributed by atoms with E-state index in [0.29, 0.717) is 17.0 Å². The zero-order valence-electron chi connectivity index (χ0n) is 7.35. The highest BCUT2D eigenvalue weighted by Gasteiger charge is 2.29. The molecular weight excluding hydrogens is 248 g/mol. The van der Waals surface area contributed by atoms with Crippen LogP contribution in [0.15, 0.2) is 22.8 Å². The van der Waals surface area contributed by atoms with Gasteiger partial charge in [-0.15, -0.1) is 0 Å². The first-order valence-corrected chi connectivity index (χ1v) is 5.07. The summed E-state index contributed by atoms with van der Waals surface area (Å²) in [6.45, 7) is 0.336. The average molecular weight is 257 g/mol. The van der Waals surface area contributed by atoms with Crippen LogP contribution in [0.5, 0.6) is 0 Å². The zero-order chi connectivity index (χ0) is 10.1. The monoisotopic (exact) mass is 256 g/mol. The molecule has 1 saturated heterocycles. The van der Waals surface area contributed by atoms with Gasteiger partial charge >= 0.3 is 0 Å². The summed E-state index contributed by atoms with van der Waals surface area (Å²) in [5.41, 5.74) is 0. The number of amides is 1. The van der Waals surface area contributed by atoms with Crippen molar-refractivity contribution >= 4 is 27.7 Å². The Balaban J connectivity index is 2.27. The van der Waals surface area contributed by atoms with Crippen molar-refractivity contribution in [1.82, 2.24) is 4.98 Å². The van der Waals surface area contributed by atoms with Crippen molar-refractivity contribution in [3.63, 3.8) is 0 Å². The highest BCUT2D eigenvalue weighted by Crippen LogP contribution is 2.20. The van der Waals surface area contributed by atoms with Crippen molar-refractivity contribution in [2.45, 2.75) is 12.5 Å². The molecule has 0 bridgehead atoms. The third kappa shape index (κ3) is 1.78. The number of anilines is 1. The molecular formula is C9H9BrN2O2. The Hall–Kier alpha value is -0.940. The van der Waals surface area contributed by atoms with Crippen molar-refractivity contribution in [3.8, 4) is 0 Å². The molecule has 14 heavy (non-hydrogen) atoms. The van der Waals surface area contributed by atoms with Gasteiger partial charge in [0.2, 0.25) is 5.91 Å². The van der Waals surface area contributed by atoms with Crippen molar-refractivity contribution in [1.29, 1.82) is 0 Å². The first-order valence-electron chi connectivity index (χ1n) is 4.28. The molecule has 1 N–H and O–H groups in total. The summed E-state index contributed by atoms with van der Waals surface area (Å²) in [5.74, 6) is 0.504. The minimum Gasteiger partial charge on any atom is -0.391 e. The van der Waals surface area contributed by atoms with E-state index in [4.69, 9.17) is 0 Å². The number of β-amino-alcohol motifs (C(OH)–C–C–N with tert-alkyl or cyclic N) is 1. The lowest BCUT2D eigenvalue weighted by Crippen LogP contribution is -2.26. The quantitative estimate of drug-likeness (QED) is 0.762. The first kappa shape index (κ1) is 9.61. The van der Waals surface area contributed by atoms with Gasteiger partial charge in [0.15, 0.2) is 0 Å². The molecule has 74 valence electrons. The lowest BCUT2D eigenvalue weighted by atomic mass is 10.3. The third-order valence-electron chi connectivity index (χ3n) is 2.08. The van der Waals surface area contributed by atoms with Gasteiger partial charge in [0.25, 0.3) is 0 Å². The molecule has 1 amide bonds. The van der Waals surface area contributed by atoms with E-state index in [2.05, 4.69) is 20.9 Å². The molecule has 1 atom stereocenters. The summed E-state index contributed by atoms with van der Waals surface area (Å²) in [4.78, 5) is 17.1. The SMILES string of the molecule is O=C1CC(O)CN1c1cccc(Br)n1. The van der Waals surface area contributed by atoms with Crippen molar-refractivity contribution in [2.24, 2.45) is 0 Å². The maximum absolute atomic E-state index is 11.4. The highest BCUT2D eigenvalue weighted by atomic mass is 79.9. The lowest BCUT2D eigenvalue weighted by molar-refractivity contribution is -0.117. The number of pyridine rings is 1. The van der Waals surface area contributed by atoms with Gasteiger partial charge in [0, 0.05) is 0 Å². The molecule has 1 fully saturated rings. The topological polar surface area (TPSA) is 53.4 Å². The summed E-state index contributed by atoms with van der Waals surface area (Å²) in [6.07, 6.45) is -0.378. The second-order valence-corrected chi connectivity index (χ2v) is 3.99. The molecule has 0 spiro atoms. The van der Waals surface area contributed by atoms with E-state index < -0.39 is 6.10 Å². The summed E-state index contributed by atoms with van der Waals surface area (Å²) in [5, 5.41) is 9.30. The van der Waals surface area contributed by atoms with Crippen LogP contribution in [0.3, 0.4) is 0 Å². The molecule has 1 aliphatic rings. The van der Waals surface area contributed by atoms with Crippen LogP contribution >= 0.6 is 15.9 Å². The Kier molecular flexibility index (Phi) is 2.52. The standard InChI is InChI=1S/C9H9BrN2O2/c10-7-2-1-3-8(11-7)12-5-6(13)4-9(12)14/h1-3,6,13H,4-5H2.